The van der Waals surface area contributed by atoms with Gasteiger partial charge in [-0.1, -0.05) is 12.2 Å². The van der Waals surface area contributed by atoms with E-state index in [1.807, 2.05) is 25.9 Å². The van der Waals surface area contributed by atoms with Crippen molar-refractivity contribution in [3.05, 3.63) is 23.5 Å². The molecular weight excluding hydrogens is 290 g/mol. The fourth-order valence-electron chi connectivity index (χ4n) is 5.48. The second kappa shape index (κ2) is 5.04. The summed E-state index contributed by atoms with van der Waals surface area (Å²) in [5.74, 6) is 0.727. The topological polar surface area (TPSA) is 57.6 Å². The van der Waals surface area contributed by atoms with Crippen molar-refractivity contribution in [1.82, 2.24) is 4.90 Å². The molecule has 2 saturated carbocycles. The first kappa shape index (κ1) is 15.1. The minimum atomic E-state index is -0.233. The maximum absolute atomic E-state index is 13.0. The van der Waals surface area contributed by atoms with Crippen LogP contribution in [0.15, 0.2) is 23.5 Å². The molecule has 124 valence electrons. The van der Waals surface area contributed by atoms with Gasteiger partial charge in [0.2, 0.25) is 5.78 Å². The summed E-state index contributed by atoms with van der Waals surface area (Å²) in [6.45, 7) is 2.02. The molecule has 4 rings (SSSR count). The Balaban J connectivity index is 1.70. The van der Waals surface area contributed by atoms with E-state index in [4.69, 9.17) is 0 Å². The van der Waals surface area contributed by atoms with Crippen molar-refractivity contribution < 1.29 is 14.7 Å². The van der Waals surface area contributed by atoms with Crippen LogP contribution in [-0.2, 0) is 9.59 Å². The number of aliphatic hydroxyl groups excluding tert-OH is 1. The number of hydrogen-bond donors (Lipinski definition) is 1. The van der Waals surface area contributed by atoms with Crippen LogP contribution in [0.1, 0.15) is 26.2 Å². The maximum Gasteiger partial charge on any atom is 0.202 e. The van der Waals surface area contributed by atoms with Gasteiger partial charge in [-0.05, 0) is 64.0 Å². The summed E-state index contributed by atoms with van der Waals surface area (Å²) in [5.41, 5.74) is 0.458. The van der Waals surface area contributed by atoms with Gasteiger partial charge in [0.15, 0.2) is 11.5 Å². The highest BCUT2D eigenvalue weighted by atomic mass is 16.3. The summed E-state index contributed by atoms with van der Waals surface area (Å²) in [6.07, 6.45) is 7.18. The molecule has 4 aliphatic rings. The quantitative estimate of drug-likeness (QED) is 0.795. The van der Waals surface area contributed by atoms with Crippen molar-refractivity contribution in [3.63, 3.8) is 0 Å². The van der Waals surface area contributed by atoms with Crippen LogP contribution in [0.3, 0.4) is 0 Å². The molecular formula is C19H25NO3. The molecule has 1 N–H and O–H groups in total. The number of fused-ring (bicyclic) bond motifs is 6. The molecule has 7 unspecified atom stereocenters. The highest BCUT2D eigenvalue weighted by Gasteiger charge is 2.55. The van der Waals surface area contributed by atoms with Crippen molar-refractivity contribution >= 4 is 11.6 Å². The van der Waals surface area contributed by atoms with Crippen molar-refractivity contribution in [1.29, 1.82) is 0 Å². The monoisotopic (exact) mass is 315 g/mol. The van der Waals surface area contributed by atoms with Crippen LogP contribution in [0, 0.1) is 35.5 Å². The van der Waals surface area contributed by atoms with Crippen LogP contribution < -0.4 is 0 Å². The van der Waals surface area contributed by atoms with E-state index in [2.05, 4.69) is 12.2 Å². The van der Waals surface area contributed by atoms with Gasteiger partial charge in [-0.3, -0.25) is 9.59 Å². The Morgan fingerprint density at radius 2 is 1.78 bits per heavy atom. The number of aliphatic hydroxyl groups is 1. The van der Waals surface area contributed by atoms with E-state index in [9.17, 15) is 14.7 Å². The summed E-state index contributed by atoms with van der Waals surface area (Å²) in [6, 6.07) is 0.0685. The molecule has 0 amide bonds. The molecule has 4 heteroatoms. The summed E-state index contributed by atoms with van der Waals surface area (Å²) in [4.78, 5) is 27.6. The van der Waals surface area contributed by atoms with Crippen molar-refractivity contribution in [2.75, 3.05) is 14.1 Å². The van der Waals surface area contributed by atoms with E-state index in [-0.39, 0.29) is 41.1 Å². The van der Waals surface area contributed by atoms with Crippen molar-refractivity contribution in [2.24, 2.45) is 35.5 Å². The number of hydrogen-bond acceptors (Lipinski definition) is 4. The lowest BCUT2D eigenvalue weighted by Gasteiger charge is -2.42. The van der Waals surface area contributed by atoms with Crippen LogP contribution in [0.25, 0.3) is 0 Å². The predicted octanol–water partition coefficient (Wildman–Crippen LogP) is 2.36. The fraction of sp³-hybridized carbons (Fsp3) is 0.684. The van der Waals surface area contributed by atoms with Crippen LogP contribution in [0.5, 0.6) is 0 Å². The Hall–Kier alpha value is -1.42. The van der Waals surface area contributed by atoms with Gasteiger partial charge >= 0.3 is 0 Å². The fourth-order valence-corrected chi connectivity index (χ4v) is 5.48. The molecule has 0 aromatic carbocycles. The lowest BCUT2D eigenvalue weighted by atomic mass is 9.61. The van der Waals surface area contributed by atoms with Gasteiger partial charge in [0.05, 0.1) is 0 Å². The Morgan fingerprint density at radius 3 is 2.48 bits per heavy atom. The SMILES string of the molecule is CC(C1CC2CC3C4C=CC(C4)C3C(=O)C2=C(O)C1=O)N(C)C. The standard InChI is InChI=1S/C19H25NO3/c1-9(20(2)3)13-7-12-8-14-10-4-5-11(6-10)15(14)18(22)16(12)19(23)17(13)21/h4-5,9-15,23H,6-8H2,1-3H3. The number of allylic oxidation sites excluding steroid dienone is 4. The number of carbonyl (C=O) groups excluding carboxylic acids is 2. The second-order valence-corrected chi connectivity index (χ2v) is 8.11. The average Bonchev–Trinajstić information content (AvgIpc) is 3.11. The number of nitrogens with zero attached hydrogens (tertiary/aromatic N) is 1. The van der Waals surface area contributed by atoms with Crippen LogP contribution >= 0.6 is 0 Å². The van der Waals surface area contributed by atoms with Gasteiger partial charge in [-0.25, -0.2) is 0 Å². The number of ketones is 2. The van der Waals surface area contributed by atoms with Gasteiger partial charge in [-0.2, -0.15) is 0 Å². The molecule has 7 atom stereocenters. The first-order chi connectivity index (χ1) is 10.9. The zero-order valence-electron chi connectivity index (χ0n) is 14.0. The average molecular weight is 315 g/mol. The Kier molecular flexibility index (Phi) is 3.31. The van der Waals surface area contributed by atoms with Gasteiger partial charge < -0.3 is 10.0 Å². The Labute approximate surface area is 137 Å². The first-order valence-corrected chi connectivity index (χ1v) is 8.76. The van der Waals surface area contributed by atoms with Gasteiger partial charge in [0.1, 0.15) is 0 Å². The highest BCUT2D eigenvalue weighted by Crippen LogP contribution is 2.57. The van der Waals surface area contributed by atoms with Crippen molar-refractivity contribution in [3.8, 4) is 0 Å². The van der Waals surface area contributed by atoms with E-state index >= 15 is 0 Å². The number of rotatable bonds is 2. The minimum Gasteiger partial charge on any atom is -0.504 e. The van der Waals surface area contributed by atoms with E-state index < -0.39 is 0 Å². The molecule has 0 saturated heterocycles. The normalized spacial score (nSPS) is 43.1. The third-order valence-electron chi connectivity index (χ3n) is 6.92. The van der Waals surface area contributed by atoms with Gasteiger partial charge in [0.25, 0.3) is 0 Å². The largest absolute Gasteiger partial charge is 0.504 e. The third-order valence-corrected chi connectivity index (χ3v) is 6.92. The molecule has 0 aromatic rings. The third kappa shape index (κ3) is 2.00. The molecule has 0 heterocycles. The molecule has 4 aliphatic carbocycles. The number of carbonyl (C=O) groups is 2. The van der Waals surface area contributed by atoms with Gasteiger partial charge in [0, 0.05) is 23.5 Å². The minimum absolute atomic E-state index is 0.00835. The maximum atomic E-state index is 13.0. The first-order valence-electron chi connectivity index (χ1n) is 8.76. The zero-order chi connectivity index (χ0) is 16.5. The lowest BCUT2D eigenvalue weighted by Crippen LogP contribution is -2.47. The molecule has 0 radical (unpaired) electrons. The number of Topliss-reactive ketones (excluding diaryl/α,β-unsaturated/α-hetero) is 2. The molecule has 2 bridgehead atoms. The summed E-state index contributed by atoms with van der Waals surface area (Å²) in [5, 5.41) is 10.5. The van der Waals surface area contributed by atoms with Crippen LogP contribution in [-0.4, -0.2) is 41.7 Å². The van der Waals surface area contributed by atoms with Gasteiger partial charge in [-0.15, -0.1) is 0 Å². The van der Waals surface area contributed by atoms with E-state index in [0.717, 1.165) is 12.8 Å². The molecule has 0 spiro atoms. The van der Waals surface area contributed by atoms with E-state index in [1.165, 1.54) is 0 Å². The lowest BCUT2D eigenvalue weighted by molar-refractivity contribution is -0.130. The molecule has 23 heavy (non-hydrogen) atoms. The smallest absolute Gasteiger partial charge is 0.202 e. The summed E-state index contributed by atoms with van der Waals surface area (Å²) in [7, 11) is 3.91. The molecule has 0 aromatic heterocycles. The molecule has 2 fully saturated rings. The summed E-state index contributed by atoms with van der Waals surface area (Å²) >= 11 is 0. The van der Waals surface area contributed by atoms with Crippen LogP contribution in [0.2, 0.25) is 0 Å². The molecule has 4 nitrogen and oxygen atoms in total. The van der Waals surface area contributed by atoms with E-state index in [1.54, 1.807) is 0 Å². The predicted molar refractivity (Wildman–Crippen MR) is 86.7 cm³/mol. The highest BCUT2D eigenvalue weighted by molar-refractivity contribution is 6.09. The summed E-state index contributed by atoms with van der Waals surface area (Å²) < 4.78 is 0. The van der Waals surface area contributed by atoms with E-state index in [0.29, 0.717) is 29.7 Å². The zero-order valence-corrected chi connectivity index (χ0v) is 14.0. The Bertz CT molecular complexity index is 633. The second-order valence-electron chi connectivity index (χ2n) is 8.11. The molecule has 0 aliphatic heterocycles. The van der Waals surface area contributed by atoms with Crippen molar-refractivity contribution in [2.45, 2.75) is 32.2 Å². The van der Waals surface area contributed by atoms with Crippen LogP contribution in [0.4, 0.5) is 0 Å². The Morgan fingerprint density at radius 1 is 1.09 bits per heavy atom.